The number of aromatic nitrogens is 1. The number of thiazole rings is 1. The topological polar surface area (TPSA) is 37.5 Å². The Hall–Kier alpha value is -1.69. The fraction of sp³-hybridized carbons (Fsp3) is 0.118. The minimum Gasteiger partial charge on any atom is -0.395 e. The van der Waals surface area contributed by atoms with Gasteiger partial charge in [0.25, 0.3) is 0 Å². The Morgan fingerprint density at radius 1 is 1.05 bits per heavy atom. The second-order valence-corrected chi connectivity index (χ2v) is 6.49. The molecule has 0 aliphatic carbocycles. The van der Waals surface area contributed by atoms with E-state index in [1.54, 1.807) is 11.3 Å². The number of halogens is 1. The van der Waals surface area contributed by atoms with Gasteiger partial charge in [0.05, 0.1) is 18.0 Å². The molecule has 0 bridgehead atoms. The van der Waals surface area contributed by atoms with Crippen molar-refractivity contribution in [3.05, 3.63) is 69.3 Å². The molecule has 1 heterocycles. The number of rotatable bonds is 4. The van der Waals surface area contributed by atoms with Gasteiger partial charge in [0.15, 0.2) is 4.80 Å². The molecule has 0 fully saturated rings. The molecule has 1 N–H and O–H groups in total. The number of hydrogen-bond acceptors (Lipinski definition) is 3. The highest BCUT2D eigenvalue weighted by Gasteiger charge is 2.07. The highest BCUT2D eigenvalue weighted by Crippen LogP contribution is 2.23. The molecule has 3 nitrogen and oxygen atoms in total. The molecule has 0 saturated heterocycles. The third-order valence-electron chi connectivity index (χ3n) is 3.24. The second kappa shape index (κ2) is 7.05. The van der Waals surface area contributed by atoms with E-state index in [-0.39, 0.29) is 6.61 Å². The Morgan fingerprint density at radius 3 is 2.45 bits per heavy atom. The van der Waals surface area contributed by atoms with Crippen LogP contribution in [0.3, 0.4) is 0 Å². The van der Waals surface area contributed by atoms with Crippen LogP contribution in [0.1, 0.15) is 0 Å². The van der Waals surface area contributed by atoms with Crippen LogP contribution in [0.2, 0.25) is 0 Å². The predicted molar refractivity (Wildman–Crippen MR) is 94.2 cm³/mol. The zero-order valence-electron chi connectivity index (χ0n) is 11.8. The molecule has 2 aromatic carbocycles. The Kier molecular flexibility index (Phi) is 4.87. The van der Waals surface area contributed by atoms with Crippen molar-refractivity contribution in [2.24, 2.45) is 4.99 Å². The van der Waals surface area contributed by atoms with E-state index in [1.807, 2.05) is 42.5 Å². The Bertz CT molecular complexity index is 807. The highest BCUT2D eigenvalue weighted by molar-refractivity contribution is 9.10. The maximum Gasteiger partial charge on any atom is 0.190 e. The van der Waals surface area contributed by atoms with Gasteiger partial charge >= 0.3 is 0 Å². The lowest BCUT2D eigenvalue weighted by atomic mass is 10.2. The zero-order chi connectivity index (χ0) is 15.4. The molecular weight excluding hydrogens is 360 g/mol. The molecule has 0 aliphatic rings. The van der Waals surface area contributed by atoms with Gasteiger partial charge in [-0.2, -0.15) is 0 Å². The van der Waals surface area contributed by atoms with Gasteiger partial charge < -0.3 is 9.67 Å². The molecule has 112 valence electrons. The summed E-state index contributed by atoms with van der Waals surface area (Å²) in [6.07, 6.45) is 0. The lowest BCUT2D eigenvalue weighted by molar-refractivity contribution is 0.275. The number of nitrogens with zero attached hydrogens (tertiary/aromatic N) is 2. The molecule has 0 amide bonds. The maximum absolute atomic E-state index is 9.38. The first kappa shape index (κ1) is 15.2. The number of benzene rings is 2. The monoisotopic (exact) mass is 374 g/mol. The maximum atomic E-state index is 9.38. The number of aliphatic hydroxyl groups excluding tert-OH is 1. The minimum atomic E-state index is 0.0856. The van der Waals surface area contributed by atoms with Gasteiger partial charge in [-0.05, 0) is 29.8 Å². The predicted octanol–water partition coefficient (Wildman–Crippen LogP) is 4.20. The SMILES string of the molecule is OCCn1c(-c2ccc(Br)cc2)csc1=Nc1ccccc1. The standard InChI is InChI=1S/C17H15BrN2OS/c18-14-8-6-13(7-9-14)16-12-22-17(20(16)10-11-21)19-15-4-2-1-3-5-15/h1-9,12,21H,10-11H2. The van der Waals surface area contributed by atoms with E-state index >= 15 is 0 Å². The quantitative estimate of drug-likeness (QED) is 0.729. The van der Waals surface area contributed by atoms with E-state index in [0.717, 1.165) is 26.2 Å². The van der Waals surface area contributed by atoms with Crippen LogP contribution < -0.4 is 4.80 Å². The summed E-state index contributed by atoms with van der Waals surface area (Å²) in [6, 6.07) is 18.0. The minimum absolute atomic E-state index is 0.0856. The van der Waals surface area contributed by atoms with E-state index in [2.05, 4.69) is 43.0 Å². The average Bonchev–Trinajstić information content (AvgIpc) is 2.92. The summed E-state index contributed by atoms with van der Waals surface area (Å²) >= 11 is 5.04. The van der Waals surface area contributed by atoms with E-state index < -0.39 is 0 Å². The molecular formula is C17H15BrN2OS. The first-order valence-electron chi connectivity index (χ1n) is 6.93. The molecule has 3 rings (SSSR count). The van der Waals surface area contributed by atoms with Crippen molar-refractivity contribution in [1.29, 1.82) is 0 Å². The molecule has 0 aliphatic heterocycles. The third kappa shape index (κ3) is 3.38. The Morgan fingerprint density at radius 2 is 1.77 bits per heavy atom. The Labute approximate surface area is 141 Å². The highest BCUT2D eigenvalue weighted by atomic mass is 79.9. The van der Waals surface area contributed by atoms with Gasteiger partial charge in [0, 0.05) is 16.4 Å². The molecule has 5 heteroatoms. The fourth-order valence-corrected chi connectivity index (χ4v) is 3.42. The molecule has 3 aromatic rings. The van der Waals surface area contributed by atoms with Crippen LogP contribution in [0.5, 0.6) is 0 Å². The van der Waals surface area contributed by atoms with Crippen molar-refractivity contribution in [1.82, 2.24) is 4.57 Å². The van der Waals surface area contributed by atoms with Crippen LogP contribution in [0.25, 0.3) is 11.3 Å². The summed E-state index contributed by atoms with van der Waals surface area (Å²) in [5, 5.41) is 11.5. The summed E-state index contributed by atoms with van der Waals surface area (Å²) in [4.78, 5) is 5.57. The fourth-order valence-electron chi connectivity index (χ4n) is 2.20. The third-order valence-corrected chi connectivity index (χ3v) is 4.63. The lowest BCUT2D eigenvalue weighted by Crippen LogP contribution is -2.17. The molecule has 0 atom stereocenters. The second-order valence-electron chi connectivity index (χ2n) is 4.73. The van der Waals surface area contributed by atoms with Gasteiger partial charge in [-0.1, -0.05) is 46.3 Å². The summed E-state index contributed by atoms with van der Waals surface area (Å²) in [6.45, 7) is 0.614. The van der Waals surface area contributed by atoms with Gasteiger partial charge in [0.2, 0.25) is 0 Å². The van der Waals surface area contributed by atoms with Crippen LogP contribution >= 0.6 is 27.3 Å². The first-order chi connectivity index (χ1) is 10.8. The lowest BCUT2D eigenvalue weighted by Gasteiger charge is -2.07. The average molecular weight is 375 g/mol. The van der Waals surface area contributed by atoms with Crippen LogP contribution in [0, 0.1) is 0 Å². The summed E-state index contributed by atoms with van der Waals surface area (Å²) < 4.78 is 3.11. The van der Waals surface area contributed by atoms with Crippen LogP contribution in [0.15, 0.2) is 69.4 Å². The normalized spacial score (nSPS) is 11.8. The van der Waals surface area contributed by atoms with Gasteiger partial charge in [-0.15, -0.1) is 11.3 Å². The molecule has 22 heavy (non-hydrogen) atoms. The van der Waals surface area contributed by atoms with Crippen LogP contribution in [-0.4, -0.2) is 16.3 Å². The van der Waals surface area contributed by atoms with Crippen LogP contribution in [0.4, 0.5) is 5.69 Å². The molecule has 0 saturated carbocycles. The molecule has 0 radical (unpaired) electrons. The Balaban J connectivity index is 2.09. The van der Waals surface area contributed by atoms with Crippen molar-refractivity contribution in [2.75, 3.05) is 6.61 Å². The zero-order valence-corrected chi connectivity index (χ0v) is 14.2. The van der Waals surface area contributed by atoms with Gasteiger partial charge in [-0.25, -0.2) is 4.99 Å². The van der Waals surface area contributed by atoms with Crippen molar-refractivity contribution < 1.29 is 5.11 Å². The van der Waals surface area contributed by atoms with E-state index in [9.17, 15) is 5.11 Å². The number of para-hydroxylation sites is 1. The smallest absolute Gasteiger partial charge is 0.190 e. The van der Waals surface area contributed by atoms with E-state index in [0.29, 0.717) is 6.54 Å². The van der Waals surface area contributed by atoms with E-state index in [4.69, 9.17) is 0 Å². The summed E-state index contributed by atoms with van der Waals surface area (Å²) in [5.41, 5.74) is 3.10. The molecule has 1 aromatic heterocycles. The van der Waals surface area contributed by atoms with Crippen molar-refractivity contribution in [3.63, 3.8) is 0 Å². The number of aliphatic hydroxyl groups is 1. The van der Waals surface area contributed by atoms with Crippen molar-refractivity contribution in [2.45, 2.75) is 6.54 Å². The van der Waals surface area contributed by atoms with Gasteiger partial charge in [-0.3, -0.25) is 0 Å². The molecule has 0 spiro atoms. The van der Waals surface area contributed by atoms with Crippen molar-refractivity contribution in [3.8, 4) is 11.3 Å². The van der Waals surface area contributed by atoms with E-state index in [1.165, 1.54) is 0 Å². The first-order valence-corrected chi connectivity index (χ1v) is 8.60. The van der Waals surface area contributed by atoms with Crippen LogP contribution in [-0.2, 0) is 6.54 Å². The largest absolute Gasteiger partial charge is 0.395 e. The van der Waals surface area contributed by atoms with Crippen molar-refractivity contribution >= 4 is 33.0 Å². The molecule has 0 unspecified atom stereocenters. The summed E-state index contributed by atoms with van der Waals surface area (Å²) in [7, 11) is 0. The number of hydrogen-bond donors (Lipinski definition) is 1. The summed E-state index contributed by atoms with van der Waals surface area (Å²) in [5.74, 6) is 0. The van der Waals surface area contributed by atoms with Gasteiger partial charge in [0.1, 0.15) is 0 Å².